The minimum absolute atomic E-state index is 0.0682. The van der Waals surface area contributed by atoms with Gasteiger partial charge in [-0.15, -0.1) is 0 Å². The molecule has 0 aliphatic rings. The monoisotopic (exact) mass is 229 g/mol. The van der Waals surface area contributed by atoms with Crippen molar-refractivity contribution in [2.75, 3.05) is 7.11 Å². The maximum absolute atomic E-state index is 11.5. The number of fused-ring (bicyclic) bond motifs is 1. The molecule has 0 unspecified atom stereocenters. The Balaban J connectivity index is 2.75. The highest BCUT2D eigenvalue weighted by Gasteiger charge is 2.17. The van der Waals surface area contributed by atoms with Crippen LogP contribution in [0.5, 0.6) is 0 Å². The number of hydrogen-bond acceptors (Lipinski definition) is 4. The third kappa shape index (κ3) is 2.01. The van der Waals surface area contributed by atoms with Gasteiger partial charge in [0.1, 0.15) is 0 Å². The first-order chi connectivity index (χ1) is 8.13. The van der Waals surface area contributed by atoms with E-state index in [2.05, 4.69) is 9.72 Å². The van der Waals surface area contributed by atoms with Crippen molar-refractivity contribution < 1.29 is 14.3 Å². The van der Waals surface area contributed by atoms with Gasteiger partial charge in [-0.2, -0.15) is 0 Å². The van der Waals surface area contributed by atoms with Crippen molar-refractivity contribution in [1.29, 1.82) is 0 Å². The quantitative estimate of drug-likeness (QED) is 0.585. The molecule has 0 fully saturated rings. The molecule has 0 saturated carbocycles. The van der Waals surface area contributed by atoms with Gasteiger partial charge >= 0.3 is 5.97 Å². The first-order valence-electron chi connectivity index (χ1n) is 5.12. The summed E-state index contributed by atoms with van der Waals surface area (Å²) in [4.78, 5) is 27.2. The molecule has 1 heterocycles. The summed E-state index contributed by atoms with van der Waals surface area (Å²) in [6, 6.07) is 8.97. The first-order valence-corrected chi connectivity index (χ1v) is 5.12. The Hall–Kier alpha value is -2.23. The summed E-state index contributed by atoms with van der Waals surface area (Å²) < 4.78 is 4.62. The summed E-state index contributed by atoms with van der Waals surface area (Å²) in [7, 11) is 1.27. The molecule has 0 amide bonds. The normalized spacial score (nSPS) is 10.2. The van der Waals surface area contributed by atoms with Gasteiger partial charge in [0.15, 0.2) is 11.5 Å². The van der Waals surface area contributed by atoms with E-state index in [1.54, 1.807) is 12.1 Å². The van der Waals surface area contributed by atoms with Crippen molar-refractivity contribution in [1.82, 2.24) is 4.98 Å². The van der Waals surface area contributed by atoms with Crippen LogP contribution in [0.1, 0.15) is 27.8 Å². The number of benzene rings is 1. The highest BCUT2D eigenvalue weighted by molar-refractivity contribution is 6.06. The fourth-order valence-electron chi connectivity index (χ4n) is 1.64. The number of nitrogens with zero attached hydrogens (tertiary/aromatic N) is 1. The number of Topliss-reactive ketones (excluding diaryl/α,β-unsaturated/α-hetero) is 1. The van der Waals surface area contributed by atoms with E-state index < -0.39 is 5.97 Å². The van der Waals surface area contributed by atoms with E-state index in [-0.39, 0.29) is 17.0 Å². The maximum Gasteiger partial charge on any atom is 0.357 e. The van der Waals surface area contributed by atoms with E-state index in [1.807, 2.05) is 18.2 Å². The molecule has 0 spiro atoms. The highest BCUT2D eigenvalue weighted by atomic mass is 16.5. The molecule has 2 rings (SSSR count). The number of ether oxygens (including phenoxy) is 1. The fourth-order valence-corrected chi connectivity index (χ4v) is 1.64. The van der Waals surface area contributed by atoms with Crippen LogP contribution < -0.4 is 0 Å². The van der Waals surface area contributed by atoms with E-state index in [0.29, 0.717) is 5.52 Å². The minimum atomic E-state index is -0.596. The zero-order valence-corrected chi connectivity index (χ0v) is 9.56. The van der Waals surface area contributed by atoms with Crippen LogP contribution in [0.15, 0.2) is 30.3 Å². The Kier molecular flexibility index (Phi) is 2.87. The molecule has 4 nitrogen and oxygen atoms in total. The molecule has 0 saturated heterocycles. The number of pyridine rings is 1. The Morgan fingerprint density at radius 1 is 1.24 bits per heavy atom. The highest BCUT2D eigenvalue weighted by Crippen LogP contribution is 2.17. The number of aromatic nitrogens is 1. The molecule has 17 heavy (non-hydrogen) atoms. The van der Waals surface area contributed by atoms with E-state index in [4.69, 9.17) is 0 Å². The largest absolute Gasteiger partial charge is 0.464 e. The molecular formula is C13H11NO3. The molecule has 2 aromatic rings. The molecule has 0 atom stereocenters. The lowest BCUT2D eigenvalue weighted by atomic mass is 10.1. The van der Waals surface area contributed by atoms with Crippen LogP contribution >= 0.6 is 0 Å². The summed E-state index contributed by atoms with van der Waals surface area (Å²) in [6.07, 6.45) is 0. The Labute approximate surface area is 98.2 Å². The third-order valence-electron chi connectivity index (χ3n) is 2.48. The van der Waals surface area contributed by atoms with Gasteiger partial charge in [-0.3, -0.25) is 4.79 Å². The van der Waals surface area contributed by atoms with Gasteiger partial charge in [0.05, 0.1) is 18.2 Å². The van der Waals surface area contributed by atoms with E-state index in [9.17, 15) is 9.59 Å². The second-order valence-electron chi connectivity index (χ2n) is 3.63. The molecule has 4 heteroatoms. The molecular weight excluding hydrogens is 218 g/mol. The van der Waals surface area contributed by atoms with Crippen LogP contribution in [0.4, 0.5) is 0 Å². The molecule has 0 aliphatic heterocycles. The summed E-state index contributed by atoms with van der Waals surface area (Å²) in [6.45, 7) is 1.40. The first kappa shape index (κ1) is 11.3. The Bertz CT molecular complexity index is 605. The number of carbonyl (C=O) groups is 2. The molecule has 0 N–H and O–H groups in total. The lowest BCUT2D eigenvalue weighted by molar-refractivity contribution is 0.0591. The predicted molar refractivity (Wildman–Crippen MR) is 63.1 cm³/mol. The molecule has 0 radical (unpaired) electrons. The average molecular weight is 229 g/mol. The molecule has 1 aromatic carbocycles. The SMILES string of the molecule is COC(=O)c1nc2ccccc2cc1C(C)=O. The predicted octanol–water partition coefficient (Wildman–Crippen LogP) is 2.22. The topological polar surface area (TPSA) is 56.3 Å². The van der Waals surface area contributed by atoms with Gasteiger partial charge in [0.25, 0.3) is 0 Å². The molecule has 86 valence electrons. The standard InChI is InChI=1S/C13H11NO3/c1-8(15)10-7-9-5-3-4-6-11(9)14-12(10)13(16)17-2/h3-7H,1-2H3. The van der Waals surface area contributed by atoms with Gasteiger partial charge in [0.2, 0.25) is 0 Å². The number of ketones is 1. The number of rotatable bonds is 2. The summed E-state index contributed by atoms with van der Waals surface area (Å²) in [5.41, 5.74) is 1.02. The lowest BCUT2D eigenvalue weighted by Gasteiger charge is -2.06. The third-order valence-corrected chi connectivity index (χ3v) is 2.48. The van der Waals surface area contributed by atoms with Gasteiger partial charge < -0.3 is 4.74 Å². The number of carbonyl (C=O) groups excluding carboxylic acids is 2. The van der Waals surface area contributed by atoms with Crippen LogP contribution in [0.2, 0.25) is 0 Å². The molecule has 1 aromatic heterocycles. The molecule has 0 aliphatic carbocycles. The average Bonchev–Trinajstić information content (AvgIpc) is 2.36. The van der Waals surface area contributed by atoms with Crippen LogP contribution in [0, 0.1) is 0 Å². The number of hydrogen-bond donors (Lipinski definition) is 0. The van der Waals surface area contributed by atoms with E-state index in [0.717, 1.165) is 5.39 Å². The molecule has 0 bridgehead atoms. The van der Waals surface area contributed by atoms with Crippen LogP contribution in [0.3, 0.4) is 0 Å². The minimum Gasteiger partial charge on any atom is -0.464 e. The van der Waals surface area contributed by atoms with Crippen molar-refractivity contribution in [2.45, 2.75) is 6.92 Å². The van der Waals surface area contributed by atoms with E-state index >= 15 is 0 Å². The van der Waals surface area contributed by atoms with Gasteiger partial charge in [-0.25, -0.2) is 9.78 Å². The zero-order valence-electron chi connectivity index (χ0n) is 9.56. The van der Waals surface area contributed by atoms with Crippen molar-refractivity contribution in [3.8, 4) is 0 Å². The second-order valence-corrected chi connectivity index (χ2v) is 3.63. The summed E-state index contributed by atoms with van der Waals surface area (Å²) in [5.74, 6) is -0.801. The number of esters is 1. The van der Waals surface area contributed by atoms with Crippen LogP contribution in [0.25, 0.3) is 10.9 Å². The maximum atomic E-state index is 11.5. The summed E-state index contributed by atoms with van der Waals surface area (Å²) in [5, 5.41) is 0.824. The number of para-hydroxylation sites is 1. The van der Waals surface area contributed by atoms with Gasteiger partial charge in [-0.1, -0.05) is 18.2 Å². The van der Waals surface area contributed by atoms with Crippen molar-refractivity contribution in [3.63, 3.8) is 0 Å². The van der Waals surface area contributed by atoms with Crippen molar-refractivity contribution in [3.05, 3.63) is 41.6 Å². The smallest absolute Gasteiger partial charge is 0.357 e. The van der Waals surface area contributed by atoms with Crippen molar-refractivity contribution in [2.24, 2.45) is 0 Å². The van der Waals surface area contributed by atoms with Gasteiger partial charge in [-0.05, 0) is 19.1 Å². The number of methoxy groups -OCH3 is 1. The summed E-state index contributed by atoms with van der Waals surface area (Å²) >= 11 is 0. The lowest BCUT2D eigenvalue weighted by Crippen LogP contribution is -2.11. The van der Waals surface area contributed by atoms with Crippen molar-refractivity contribution >= 4 is 22.7 Å². The van der Waals surface area contributed by atoms with E-state index in [1.165, 1.54) is 14.0 Å². The fraction of sp³-hybridized carbons (Fsp3) is 0.154. The Morgan fingerprint density at radius 3 is 2.59 bits per heavy atom. The Morgan fingerprint density at radius 2 is 1.94 bits per heavy atom. The van der Waals surface area contributed by atoms with Gasteiger partial charge in [0, 0.05) is 5.39 Å². The second kappa shape index (κ2) is 4.33. The zero-order chi connectivity index (χ0) is 12.4. The van der Waals surface area contributed by atoms with Crippen LogP contribution in [-0.2, 0) is 4.74 Å². The van der Waals surface area contributed by atoms with Crippen LogP contribution in [-0.4, -0.2) is 23.8 Å².